The van der Waals surface area contributed by atoms with E-state index in [1.165, 1.54) is 29.8 Å². The molecule has 0 spiro atoms. The van der Waals surface area contributed by atoms with Gasteiger partial charge in [0.15, 0.2) is 17.4 Å². The molecule has 0 N–H and O–H groups in total. The van der Waals surface area contributed by atoms with Crippen LogP contribution in [0.4, 0.5) is 17.6 Å². The number of piperidine rings is 1. The number of carbonyl (C=O) groups is 1. The van der Waals surface area contributed by atoms with Gasteiger partial charge >= 0.3 is 6.11 Å². The quantitative estimate of drug-likeness (QED) is 0.130. The summed E-state index contributed by atoms with van der Waals surface area (Å²) in [5, 5.41) is 0. The molecule has 0 amide bonds. The summed E-state index contributed by atoms with van der Waals surface area (Å²) in [7, 11) is 0. The fourth-order valence-electron chi connectivity index (χ4n) is 4.63. The molecule has 1 aliphatic heterocycles. The number of nitrogens with zero attached hydrogens (tertiary/aromatic N) is 1. The summed E-state index contributed by atoms with van der Waals surface area (Å²) in [6.45, 7) is 21.6. The van der Waals surface area contributed by atoms with E-state index in [9.17, 15) is 22.4 Å². The predicted molar refractivity (Wildman–Crippen MR) is 184 cm³/mol. The maximum atomic E-state index is 13.1. The Morgan fingerprint density at radius 1 is 0.830 bits per heavy atom. The van der Waals surface area contributed by atoms with E-state index in [-0.39, 0.29) is 11.5 Å². The molecule has 47 heavy (non-hydrogen) atoms. The average Bonchev–Trinajstić information content (AvgIpc) is 2.98. The zero-order valence-corrected chi connectivity index (χ0v) is 29.8. The number of rotatable bonds is 9. The third-order valence-electron chi connectivity index (χ3n) is 7.38. The van der Waals surface area contributed by atoms with Gasteiger partial charge in [0, 0.05) is 32.2 Å². The molecular weight excluding hydrogens is 606 g/mol. The van der Waals surface area contributed by atoms with E-state index >= 15 is 0 Å². The Hall–Kier alpha value is -3.23. The SMILES string of the molecule is CC(=O)c1ccc(C)cc1C.CC1(C)CCN(Cc2ccc(F)c(F)c2)CC1.CCCOCCC.Cc1ccc(OC(C)(F)F)cc1. The van der Waals surface area contributed by atoms with E-state index in [1.54, 1.807) is 25.1 Å². The second-order valence-corrected chi connectivity index (χ2v) is 12.9. The molecule has 4 nitrogen and oxygen atoms in total. The van der Waals surface area contributed by atoms with E-state index in [0.717, 1.165) is 74.2 Å². The maximum absolute atomic E-state index is 13.1. The van der Waals surface area contributed by atoms with Crippen molar-refractivity contribution >= 4 is 5.78 Å². The lowest BCUT2D eigenvalue weighted by Gasteiger charge is -2.36. The standard InChI is InChI=1S/C14H19F2N.C10H12O.C9H10F2O.C6H14O/c1-14(2)5-7-17(8-6-14)10-11-3-4-12(15)13(16)9-11;1-7-4-5-10(9(3)11)8(2)6-7;1-7-3-5-8(6-4-7)12-9(2,10)11;1-3-5-7-6-4-2/h3-4,9H,5-8,10H2,1-2H3;4-6H,1-3H3;3-6H,1-2H3;3-6H2,1-2H3. The van der Waals surface area contributed by atoms with Crippen molar-refractivity contribution in [1.82, 2.24) is 4.90 Å². The molecule has 1 heterocycles. The fourth-order valence-corrected chi connectivity index (χ4v) is 4.63. The molecule has 3 aromatic carbocycles. The van der Waals surface area contributed by atoms with Crippen LogP contribution >= 0.6 is 0 Å². The van der Waals surface area contributed by atoms with Crippen molar-refractivity contribution in [3.8, 4) is 5.75 Å². The van der Waals surface area contributed by atoms with Gasteiger partial charge in [-0.25, -0.2) is 8.78 Å². The maximum Gasteiger partial charge on any atom is 0.394 e. The summed E-state index contributed by atoms with van der Waals surface area (Å²) in [5.41, 5.74) is 5.39. The Morgan fingerprint density at radius 2 is 1.38 bits per heavy atom. The summed E-state index contributed by atoms with van der Waals surface area (Å²) >= 11 is 0. The van der Waals surface area contributed by atoms with Gasteiger partial charge in [0.2, 0.25) is 0 Å². The lowest BCUT2D eigenvalue weighted by atomic mass is 9.82. The van der Waals surface area contributed by atoms with Crippen molar-refractivity contribution in [2.45, 2.75) is 101 Å². The normalized spacial score (nSPS) is 14.0. The number of Topliss-reactive ketones (excluding diaryl/α,β-unsaturated/α-hetero) is 1. The topological polar surface area (TPSA) is 38.8 Å². The zero-order valence-electron chi connectivity index (χ0n) is 29.8. The number of alkyl halides is 2. The molecule has 0 unspecified atom stereocenters. The number of benzene rings is 3. The molecule has 0 aliphatic carbocycles. The second-order valence-electron chi connectivity index (χ2n) is 12.9. The van der Waals surface area contributed by atoms with Crippen molar-refractivity contribution in [3.05, 3.63) is 100 Å². The Labute approximate surface area is 280 Å². The minimum atomic E-state index is -3.10. The number of halogens is 4. The number of aryl methyl sites for hydroxylation is 3. The highest BCUT2D eigenvalue weighted by molar-refractivity contribution is 5.95. The van der Waals surface area contributed by atoms with E-state index < -0.39 is 17.7 Å². The lowest BCUT2D eigenvalue weighted by Crippen LogP contribution is -2.36. The molecule has 0 aromatic heterocycles. The van der Waals surface area contributed by atoms with Gasteiger partial charge in [0.25, 0.3) is 0 Å². The number of hydrogen-bond donors (Lipinski definition) is 0. The number of hydrogen-bond acceptors (Lipinski definition) is 4. The first-order valence-corrected chi connectivity index (χ1v) is 16.4. The summed E-state index contributed by atoms with van der Waals surface area (Å²) < 4.78 is 59.9. The molecular formula is C39H55F4NO3. The van der Waals surface area contributed by atoms with E-state index in [4.69, 9.17) is 4.74 Å². The molecule has 262 valence electrons. The van der Waals surface area contributed by atoms with Crippen LogP contribution < -0.4 is 4.74 Å². The molecule has 0 atom stereocenters. The lowest BCUT2D eigenvalue weighted by molar-refractivity contribution is -0.158. The monoisotopic (exact) mass is 661 g/mol. The van der Waals surface area contributed by atoms with Gasteiger partial charge in [-0.05, 0) is 107 Å². The number of ether oxygens (including phenoxy) is 2. The Bertz CT molecular complexity index is 1320. The zero-order chi connectivity index (χ0) is 35.6. The van der Waals surface area contributed by atoms with Gasteiger partial charge in [0.05, 0.1) is 0 Å². The Kier molecular flexibility index (Phi) is 18.6. The highest BCUT2D eigenvalue weighted by atomic mass is 19.3. The van der Waals surface area contributed by atoms with Crippen molar-refractivity contribution < 1.29 is 31.8 Å². The van der Waals surface area contributed by atoms with Crippen molar-refractivity contribution in [3.63, 3.8) is 0 Å². The summed E-state index contributed by atoms with van der Waals surface area (Å²) in [6.07, 6.45) is 1.50. The highest BCUT2D eigenvalue weighted by Crippen LogP contribution is 2.30. The van der Waals surface area contributed by atoms with Crippen LogP contribution in [0.3, 0.4) is 0 Å². The Balaban J connectivity index is 0.000000329. The van der Waals surface area contributed by atoms with Gasteiger partial charge in [-0.1, -0.05) is 75.2 Å². The van der Waals surface area contributed by atoms with Crippen LogP contribution in [-0.4, -0.2) is 43.1 Å². The van der Waals surface area contributed by atoms with Crippen LogP contribution in [0, 0.1) is 37.8 Å². The predicted octanol–water partition coefficient (Wildman–Crippen LogP) is 10.9. The molecule has 0 bridgehead atoms. The van der Waals surface area contributed by atoms with Crippen LogP contribution in [-0.2, 0) is 11.3 Å². The van der Waals surface area contributed by atoms with Gasteiger partial charge < -0.3 is 9.47 Å². The first-order valence-electron chi connectivity index (χ1n) is 16.4. The summed E-state index contributed by atoms with van der Waals surface area (Å²) in [5.74, 6) is -1.19. The Morgan fingerprint density at radius 3 is 1.85 bits per heavy atom. The van der Waals surface area contributed by atoms with Crippen LogP contribution in [0.1, 0.15) is 99.8 Å². The van der Waals surface area contributed by atoms with Crippen LogP contribution in [0.15, 0.2) is 60.7 Å². The van der Waals surface area contributed by atoms with E-state index in [0.29, 0.717) is 18.9 Å². The molecule has 8 heteroatoms. The van der Waals surface area contributed by atoms with Gasteiger partial charge in [-0.2, -0.15) is 8.78 Å². The van der Waals surface area contributed by atoms with Crippen molar-refractivity contribution in [2.24, 2.45) is 5.41 Å². The van der Waals surface area contributed by atoms with Crippen LogP contribution in [0.2, 0.25) is 0 Å². The van der Waals surface area contributed by atoms with E-state index in [1.807, 2.05) is 39.0 Å². The molecule has 0 saturated carbocycles. The number of likely N-dealkylation sites (tertiary alicyclic amines) is 1. The molecule has 0 radical (unpaired) electrons. The molecule has 3 aromatic rings. The minimum Gasteiger partial charge on any atom is -0.433 e. The van der Waals surface area contributed by atoms with Gasteiger partial charge in [0.1, 0.15) is 5.75 Å². The third kappa shape index (κ3) is 18.6. The first-order chi connectivity index (χ1) is 22.0. The first kappa shape index (κ1) is 41.8. The van der Waals surface area contributed by atoms with Gasteiger partial charge in [-0.15, -0.1) is 0 Å². The molecule has 1 fully saturated rings. The van der Waals surface area contributed by atoms with Crippen LogP contribution in [0.5, 0.6) is 5.75 Å². The van der Waals surface area contributed by atoms with Crippen molar-refractivity contribution in [1.29, 1.82) is 0 Å². The molecule has 1 aliphatic rings. The smallest absolute Gasteiger partial charge is 0.394 e. The summed E-state index contributed by atoms with van der Waals surface area (Å²) in [4.78, 5) is 13.3. The minimum absolute atomic E-state index is 0.141. The number of ketones is 1. The van der Waals surface area contributed by atoms with Crippen molar-refractivity contribution in [2.75, 3.05) is 26.3 Å². The summed E-state index contributed by atoms with van der Waals surface area (Å²) in [6, 6.07) is 16.5. The van der Waals surface area contributed by atoms with Gasteiger partial charge in [-0.3, -0.25) is 9.69 Å². The second kappa shape index (κ2) is 20.9. The average molecular weight is 662 g/mol. The highest BCUT2D eigenvalue weighted by Gasteiger charge is 2.25. The molecule has 1 saturated heterocycles. The van der Waals surface area contributed by atoms with Crippen LogP contribution in [0.25, 0.3) is 0 Å². The largest absolute Gasteiger partial charge is 0.433 e. The van der Waals surface area contributed by atoms with E-state index in [2.05, 4.69) is 37.3 Å². The molecule has 4 rings (SSSR count). The third-order valence-corrected chi connectivity index (χ3v) is 7.38. The number of carbonyl (C=O) groups excluding carboxylic acids is 1. The fraction of sp³-hybridized carbons (Fsp3) is 0.513.